The summed E-state index contributed by atoms with van der Waals surface area (Å²) in [5.74, 6) is 0.528. The normalized spacial score (nSPS) is 10.3. The third kappa shape index (κ3) is 2.53. The lowest BCUT2D eigenvalue weighted by atomic mass is 10.2. The van der Waals surface area contributed by atoms with E-state index in [0.717, 1.165) is 16.3 Å². The molecule has 0 aromatic carbocycles. The van der Waals surface area contributed by atoms with E-state index in [4.69, 9.17) is 9.78 Å². The van der Waals surface area contributed by atoms with E-state index in [0.29, 0.717) is 5.82 Å². The molecular formula is C13H8N6O3. The van der Waals surface area contributed by atoms with E-state index >= 15 is 0 Å². The number of hydrogen-bond donors (Lipinski definition) is 1. The lowest BCUT2D eigenvalue weighted by Gasteiger charge is -2.00. The van der Waals surface area contributed by atoms with Crippen LogP contribution in [0.4, 0.5) is 0 Å². The van der Waals surface area contributed by atoms with Crippen molar-refractivity contribution in [2.45, 2.75) is 6.54 Å². The van der Waals surface area contributed by atoms with E-state index in [1.807, 2.05) is 4.98 Å². The van der Waals surface area contributed by atoms with E-state index < -0.39 is 11.2 Å². The summed E-state index contributed by atoms with van der Waals surface area (Å²) in [6.45, 7) is -0.0532. The number of pyridine rings is 1. The summed E-state index contributed by atoms with van der Waals surface area (Å²) in [4.78, 5) is 33.1. The van der Waals surface area contributed by atoms with Crippen LogP contribution in [0.15, 0.2) is 44.8 Å². The van der Waals surface area contributed by atoms with Gasteiger partial charge < -0.3 is 4.52 Å². The Bertz CT molecular complexity index is 964. The van der Waals surface area contributed by atoms with E-state index in [1.54, 1.807) is 30.6 Å². The molecule has 0 aliphatic heterocycles. The van der Waals surface area contributed by atoms with Gasteiger partial charge in [-0.1, -0.05) is 5.16 Å². The van der Waals surface area contributed by atoms with Crippen LogP contribution in [-0.4, -0.2) is 24.7 Å². The van der Waals surface area contributed by atoms with Crippen molar-refractivity contribution >= 4 is 0 Å². The second kappa shape index (κ2) is 5.45. The summed E-state index contributed by atoms with van der Waals surface area (Å²) in [6.07, 6.45) is 4.34. The van der Waals surface area contributed by atoms with Crippen LogP contribution >= 0.6 is 0 Å². The molecule has 3 aromatic heterocycles. The summed E-state index contributed by atoms with van der Waals surface area (Å²) in [6, 6.07) is 5.14. The Morgan fingerprint density at radius 3 is 2.82 bits per heavy atom. The summed E-state index contributed by atoms with van der Waals surface area (Å²) < 4.78 is 6.18. The molecular weight excluding hydrogens is 288 g/mol. The van der Waals surface area contributed by atoms with E-state index in [2.05, 4.69) is 15.1 Å². The van der Waals surface area contributed by atoms with Crippen LogP contribution in [0.2, 0.25) is 0 Å². The molecule has 3 rings (SSSR count). The van der Waals surface area contributed by atoms with Crippen LogP contribution in [0.1, 0.15) is 11.5 Å². The van der Waals surface area contributed by atoms with Crippen LogP contribution in [0.5, 0.6) is 0 Å². The Balaban J connectivity index is 1.92. The first kappa shape index (κ1) is 13.4. The van der Waals surface area contributed by atoms with Gasteiger partial charge in [0.15, 0.2) is 0 Å². The number of nitrogens with zero attached hydrogens (tertiary/aromatic N) is 5. The van der Waals surface area contributed by atoms with Crippen LogP contribution in [0.25, 0.3) is 11.4 Å². The van der Waals surface area contributed by atoms with Crippen LogP contribution in [0.3, 0.4) is 0 Å². The lowest BCUT2D eigenvalue weighted by molar-refractivity contribution is 0.369. The molecule has 0 aliphatic rings. The first-order valence-corrected chi connectivity index (χ1v) is 6.14. The van der Waals surface area contributed by atoms with Gasteiger partial charge in [0.2, 0.25) is 11.7 Å². The predicted octanol–water partition coefficient (Wildman–Crippen LogP) is -0.0984. The topological polar surface area (TPSA) is 130 Å². The van der Waals surface area contributed by atoms with E-state index in [1.165, 1.54) is 0 Å². The molecule has 22 heavy (non-hydrogen) atoms. The zero-order chi connectivity index (χ0) is 15.5. The summed E-state index contributed by atoms with van der Waals surface area (Å²) in [5, 5.41) is 12.6. The van der Waals surface area contributed by atoms with Crippen molar-refractivity contribution in [1.82, 2.24) is 24.7 Å². The van der Waals surface area contributed by atoms with Gasteiger partial charge in [-0.25, -0.2) is 4.79 Å². The highest BCUT2D eigenvalue weighted by molar-refractivity contribution is 5.52. The fourth-order valence-corrected chi connectivity index (χ4v) is 1.79. The van der Waals surface area contributed by atoms with Gasteiger partial charge in [-0.3, -0.25) is 19.3 Å². The van der Waals surface area contributed by atoms with Crippen molar-refractivity contribution in [3.8, 4) is 17.5 Å². The van der Waals surface area contributed by atoms with Crippen molar-refractivity contribution in [3.63, 3.8) is 0 Å². The van der Waals surface area contributed by atoms with Gasteiger partial charge >= 0.3 is 5.69 Å². The Hall–Kier alpha value is -3.54. The quantitative estimate of drug-likeness (QED) is 0.714. The van der Waals surface area contributed by atoms with Gasteiger partial charge in [0.1, 0.15) is 18.2 Å². The largest absolute Gasteiger partial charge is 0.337 e. The maximum Gasteiger partial charge on any atom is 0.328 e. The van der Waals surface area contributed by atoms with Crippen LogP contribution in [-0.2, 0) is 6.54 Å². The zero-order valence-electron chi connectivity index (χ0n) is 11.1. The highest BCUT2D eigenvalue weighted by atomic mass is 16.5. The second-order valence-corrected chi connectivity index (χ2v) is 4.29. The molecule has 3 heterocycles. The van der Waals surface area contributed by atoms with Gasteiger partial charge in [0.05, 0.1) is 0 Å². The fraction of sp³-hybridized carbons (Fsp3) is 0.0769. The van der Waals surface area contributed by atoms with Gasteiger partial charge in [0, 0.05) is 24.2 Å². The maximum absolute atomic E-state index is 11.7. The number of aromatic amines is 1. The molecule has 0 radical (unpaired) electrons. The predicted molar refractivity (Wildman–Crippen MR) is 72.7 cm³/mol. The molecule has 108 valence electrons. The van der Waals surface area contributed by atoms with E-state index in [-0.39, 0.29) is 18.0 Å². The summed E-state index contributed by atoms with van der Waals surface area (Å²) in [5.41, 5.74) is -0.843. The molecule has 0 aliphatic carbocycles. The smallest absolute Gasteiger partial charge is 0.328 e. The van der Waals surface area contributed by atoms with Crippen molar-refractivity contribution in [2.24, 2.45) is 0 Å². The van der Waals surface area contributed by atoms with E-state index in [9.17, 15) is 9.59 Å². The number of rotatable bonds is 3. The van der Waals surface area contributed by atoms with Crippen LogP contribution in [0, 0.1) is 11.3 Å². The minimum Gasteiger partial charge on any atom is -0.337 e. The molecule has 0 saturated carbocycles. The zero-order valence-corrected chi connectivity index (χ0v) is 11.1. The van der Waals surface area contributed by atoms with Gasteiger partial charge in [0.25, 0.3) is 5.56 Å². The molecule has 0 atom stereocenters. The van der Waals surface area contributed by atoms with Gasteiger partial charge in [-0.15, -0.1) is 0 Å². The Morgan fingerprint density at radius 2 is 2.09 bits per heavy atom. The molecule has 0 unspecified atom stereocenters. The second-order valence-electron chi connectivity index (χ2n) is 4.29. The van der Waals surface area contributed by atoms with Crippen LogP contribution < -0.4 is 11.2 Å². The first-order chi connectivity index (χ1) is 10.7. The SMILES string of the molecule is N#Cc1cn(Cc2nc(-c3ccncc3)no2)c(=O)[nH]c1=O. The summed E-state index contributed by atoms with van der Waals surface area (Å²) in [7, 11) is 0. The third-order valence-electron chi connectivity index (χ3n) is 2.84. The Kier molecular flexibility index (Phi) is 3.33. The molecule has 0 fully saturated rings. The maximum atomic E-state index is 11.7. The average molecular weight is 296 g/mol. The first-order valence-electron chi connectivity index (χ1n) is 6.14. The number of H-pyrrole nitrogens is 1. The Morgan fingerprint density at radius 1 is 1.32 bits per heavy atom. The minimum atomic E-state index is -0.730. The molecule has 0 bridgehead atoms. The third-order valence-corrected chi connectivity index (χ3v) is 2.84. The number of hydrogen-bond acceptors (Lipinski definition) is 7. The standard InChI is InChI=1S/C13H8N6O3/c14-5-9-6-19(13(21)17-12(9)20)7-10-16-11(18-22-10)8-1-3-15-4-2-8/h1-4,6H,7H2,(H,17,20,21). The number of nitrogens with one attached hydrogen (secondary N) is 1. The Labute approximate surface area is 122 Å². The molecule has 3 aromatic rings. The molecule has 0 saturated heterocycles. The lowest BCUT2D eigenvalue weighted by Crippen LogP contribution is -2.31. The minimum absolute atomic E-state index is 0.0532. The molecule has 0 spiro atoms. The highest BCUT2D eigenvalue weighted by Gasteiger charge is 2.11. The highest BCUT2D eigenvalue weighted by Crippen LogP contribution is 2.14. The molecule has 1 N–H and O–H groups in total. The van der Waals surface area contributed by atoms with Crippen molar-refractivity contribution in [1.29, 1.82) is 5.26 Å². The fourth-order valence-electron chi connectivity index (χ4n) is 1.79. The summed E-state index contributed by atoms with van der Waals surface area (Å²) >= 11 is 0. The molecule has 9 nitrogen and oxygen atoms in total. The molecule has 9 heteroatoms. The number of aromatic nitrogens is 5. The van der Waals surface area contributed by atoms with Gasteiger partial charge in [-0.05, 0) is 12.1 Å². The monoisotopic (exact) mass is 296 g/mol. The van der Waals surface area contributed by atoms with Crippen molar-refractivity contribution in [3.05, 3.63) is 63.0 Å². The van der Waals surface area contributed by atoms with Crippen molar-refractivity contribution < 1.29 is 4.52 Å². The molecule has 0 amide bonds. The van der Waals surface area contributed by atoms with Gasteiger partial charge in [-0.2, -0.15) is 10.2 Å². The average Bonchev–Trinajstić information content (AvgIpc) is 2.99. The van der Waals surface area contributed by atoms with Crippen molar-refractivity contribution in [2.75, 3.05) is 0 Å². The number of nitriles is 1.